The van der Waals surface area contributed by atoms with Gasteiger partial charge in [-0.2, -0.15) is 13.2 Å². The van der Waals surface area contributed by atoms with Gasteiger partial charge in [0.2, 0.25) is 0 Å². The molecule has 0 saturated carbocycles. The lowest BCUT2D eigenvalue weighted by atomic mass is 10.1. The number of anilines is 1. The number of carbonyl (C=O) groups excluding carboxylic acids is 2. The Morgan fingerprint density at radius 3 is 2.43 bits per heavy atom. The van der Waals surface area contributed by atoms with Gasteiger partial charge in [-0.25, -0.2) is 9.69 Å². The fraction of sp³-hybridized carbons (Fsp3) is 0.278. The van der Waals surface area contributed by atoms with Gasteiger partial charge in [-0.1, -0.05) is 0 Å². The minimum absolute atomic E-state index is 0.0374. The van der Waals surface area contributed by atoms with Crippen LogP contribution in [0.3, 0.4) is 0 Å². The number of nitrogens with zero attached hydrogens (tertiary/aromatic N) is 3. The van der Waals surface area contributed by atoms with Crippen molar-refractivity contribution < 1.29 is 27.9 Å². The molecule has 10 heteroatoms. The van der Waals surface area contributed by atoms with Gasteiger partial charge in [0, 0.05) is 29.4 Å². The van der Waals surface area contributed by atoms with E-state index in [9.17, 15) is 27.9 Å². The molecule has 0 spiro atoms. The molecule has 3 rings (SSSR count). The third-order valence-corrected chi connectivity index (χ3v) is 5.07. The zero-order valence-electron chi connectivity index (χ0n) is 14.7. The molecule has 2 aromatic rings. The van der Waals surface area contributed by atoms with Gasteiger partial charge in [-0.3, -0.25) is 9.78 Å². The molecule has 1 aromatic carbocycles. The highest BCUT2D eigenvalue weighted by Gasteiger charge is 2.43. The lowest BCUT2D eigenvalue weighted by Gasteiger charge is -2.20. The summed E-state index contributed by atoms with van der Waals surface area (Å²) in [6.07, 6.45) is 3.01. The quantitative estimate of drug-likeness (QED) is 0.602. The van der Waals surface area contributed by atoms with E-state index in [1.165, 1.54) is 41.6 Å². The van der Waals surface area contributed by atoms with Gasteiger partial charge in [0.05, 0.1) is 12.3 Å². The first-order valence-electron chi connectivity index (χ1n) is 8.24. The number of halogens is 3. The summed E-state index contributed by atoms with van der Waals surface area (Å²) in [5, 5.41) is 9.41. The van der Waals surface area contributed by atoms with E-state index >= 15 is 0 Å². The van der Waals surface area contributed by atoms with Crippen LogP contribution >= 0.6 is 11.8 Å². The molecular weight excluding hydrogens is 395 g/mol. The average Bonchev–Trinajstić information content (AvgIpc) is 2.85. The second-order valence-electron chi connectivity index (χ2n) is 6.10. The summed E-state index contributed by atoms with van der Waals surface area (Å²) in [6.45, 7) is 1.42. The lowest BCUT2D eigenvalue weighted by Crippen LogP contribution is -2.33. The van der Waals surface area contributed by atoms with Crippen molar-refractivity contribution in [2.24, 2.45) is 0 Å². The number of aliphatic hydroxyl groups excluding tert-OH is 1. The maximum Gasteiger partial charge on any atom is 0.446 e. The second kappa shape index (κ2) is 7.80. The molecule has 1 atom stereocenters. The number of benzene rings is 1. The average molecular weight is 411 g/mol. The summed E-state index contributed by atoms with van der Waals surface area (Å²) < 4.78 is 37.4. The number of urea groups is 1. The first-order chi connectivity index (χ1) is 13.2. The largest absolute Gasteiger partial charge is 0.446 e. The van der Waals surface area contributed by atoms with Gasteiger partial charge in [-0.15, -0.1) is 0 Å². The van der Waals surface area contributed by atoms with Crippen molar-refractivity contribution in [2.45, 2.75) is 36.5 Å². The highest BCUT2D eigenvalue weighted by atomic mass is 32.2. The number of aromatic nitrogens is 1. The number of imide groups is 1. The molecule has 1 N–H and O–H groups in total. The number of thioether (sulfide) groups is 1. The first-order valence-corrected chi connectivity index (χ1v) is 9.06. The number of hydrogen-bond donors (Lipinski definition) is 1. The smallest absolute Gasteiger partial charge is 0.392 e. The zero-order chi connectivity index (χ0) is 20.5. The molecule has 1 saturated heterocycles. The summed E-state index contributed by atoms with van der Waals surface area (Å²) in [5.74, 6) is -0.471. The number of rotatable bonds is 5. The predicted octanol–water partition coefficient (Wildman–Crippen LogP) is 3.54. The predicted molar refractivity (Wildman–Crippen MR) is 96.4 cm³/mol. The molecule has 0 aliphatic carbocycles. The lowest BCUT2D eigenvalue weighted by molar-refractivity contribution is -0.119. The molecule has 1 aromatic heterocycles. The first kappa shape index (κ1) is 20.2. The summed E-state index contributed by atoms with van der Waals surface area (Å²) in [5.41, 5.74) is -3.01. The number of amides is 3. The van der Waals surface area contributed by atoms with Crippen LogP contribution in [0.1, 0.15) is 18.1 Å². The third-order valence-electron chi connectivity index (χ3n) is 4.33. The van der Waals surface area contributed by atoms with E-state index in [0.717, 1.165) is 4.90 Å². The SMILES string of the molecule is CC1C(=O)N(c2ccc(SC(F)(F)F)cc2)C(=O)N1Cc1ccncc1CO. The fourth-order valence-electron chi connectivity index (χ4n) is 2.88. The molecule has 148 valence electrons. The van der Waals surface area contributed by atoms with Crippen LogP contribution in [0.15, 0.2) is 47.6 Å². The molecular formula is C18H16F3N3O3S. The van der Waals surface area contributed by atoms with E-state index in [4.69, 9.17) is 0 Å². The Morgan fingerprint density at radius 1 is 1.14 bits per heavy atom. The number of alkyl halides is 3. The normalized spacial score (nSPS) is 17.5. The van der Waals surface area contributed by atoms with Crippen molar-refractivity contribution >= 4 is 29.4 Å². The maximum atomic E-state index is 12.8. The van der Waals surface area contributed by atoms with Gasteiger partial charge < -0.3 is 10.0 Å². The van der Waals surface area contributed by atoms with E-state index in [0.29, 0.717) is 11.1 Å². The summed E-state index contributed by atoms with van der Waals surface area (Å²) >= 11 is -0.268. The fourth-order valence-corrected chi connectivity index (χ4v) is 3.42. The topological polar surface area (TPSA) is 73.7 Å². The van der Waals surface area contributed by atoms with Crippen LogP contribution < -0.4 is 4.90 Å². The number of aliphatic hydroxyl groups is 1. The molecule has 28 heavy (non-hydrogen) atoms. The zero-order valence-corrected chi connectivity index (χ0v) is 15.5. The monoisotopic (exact) mass is 411 g/mol. The van der Waals surface area contributed by atoms with E-state index in [1.807, 2.05) is 0 Å². The molecule has 3 amide bonds. The molecule has 0 bridgehead atoms. The molecule has 0 radical (unpaired) electrons. The maximum absolute atomic E-state index is 12.8. The molecule has 1 aliphatic heterocycles. The van der Waals surface area contributed by atoms with Crippen molar-refractivity contribution in [3.8, 4) is 0 Å². The third kappa shape index (κ3) is 4.12. The number of hydrogen-bond acceptors (Lipinski definition) is 5. The Morgan fingerprint density at radius 2 is 1.82 bits per heavy atom. The van der Waals surface area contributed by atoms with Crippen LogP contribution in [0.4, 0.5) is 23.7 Å². The van der Waals surface area contributed by atoms with Crippen molar-refractivity contribution in [3.05, 3.63) is 53.9 Å². The standard InChI is InChI=1S/C18H16F3N3O3S/c1-11-16(26)24(14-2-4-15(5-3-14)28-18(19,20)21)17(27)23(11)9-12-6-7-22-8-13(12)10-25/h2-8,11,25H,9-10H2,1H3. The Bertz CT molecular complexity index is 890. The van der Waals surface area contributed by atoms with E-state index in [-0.39, 0.29) is 35.5 Å². The van der Waals surface area contributed by atoms with E-state index in [2.05, 4.69) is 4.98 Å². The van der Waals surface area contributed by atoms with Crippen molar-refractivity contribution in [1.29, 1.82) is 0 Å². The van der Waals surface area contributed by atoms with Gasteiger partial charge in [0.15, 0.2) is 0 Å². The van der Waals surface area contributed by atoms with Gasteiger partial charge in [-0.05, 0) is 54.6 Å². The van der Waals surface area contributed by atoms with Gasteiger partial charge in [0.25, 0.3) is 5.91 Å². The van der Waals surface area contributed by atoms with Gasteiger partial charge in [0.1, 0.15) is 6.04 Å². The summed E-state index contributed by atoms with van der Waals surface area (Å²) in [6, 6.07) is 5.38. The van der Waals surface area contributed by atoms with Crippen molar-refractivity contribution in [1.82, 2.24) is 9.88 Å². The Labute approximate surface area is 163 Å². The molecule has 6 nitrogen and oxygen atoms in total. The van der Waals surface area contributed by atoms with E-state index in [1.54, 1.807) is 13.0 Å². The highest BCUT2D eigenvalue weighted by molar-refractivity contribution is 8.00. The van der Waals surface area contributed by atoms with Crippen LogP contribution in [0.25, 0.3) is 0 Å². The Kier molecular flexibility index (Phi) is 5.61. The minimum Gasteiger partial charge on any atom is -0.392 e. The highest BCUT2D eigenvalue weighted by Crippen LogP contribution is 2.38. The Hall–Kier alpha value is -2.59. The van der Waals surface area contributed by atoms with Crippen LogP contribution in [0.5, 0.6) is 0 Å². The molecule has 1 aliphatic rings. The summed E-state index contributed by atoms with van der Waals surface area (Å²) in [7, 11) is 0. The van der Waals surface area contributed by atoms with Crippen LogP contribution in [-0.4, -0.2) is 38.5 Å². The molecule has 1 fully saturated rings. The van der Waals surface area contributed by atoms with Crippen LogP contribution in [0, 0.1) is 0 Å². The van der Waals surface area contributed by atoms with Crippen molar-refractivity contribution in [3.63, 3.8) is 0 Å². The Balaban J connectivity index is 1.82. The summed E-state index contributed by atoms with van der Waals surface area (Å²) in [4.78, 5) is 31.6. The van der Waals surface area contributed by atoms with Gasteiger partial charge >= 0.3 is 11.5 Å². The second-order valence-corrected chi connectivity index (χ2v) is 7.24. The van der Waals surface area contributed by atoms with Crippen molar-refractivity contribution in [2.75, 3.05) is 4.90 Å². The molecule has 2 heterocycles. The van der Waals surface area contributed by atoms with Crippen LogP contribution in [-0.2, 0) is 17.9 Å². The number of pyridine rings is 1. The minimum atomic E-state index is -4.42. The molecule has 1 unspecified atom stereocenters. The number of carbonyl (C=O) groups is 2. The van der Waals surface area contributed by atoms with Crippen LogP contribution in [0.2, 0.25) is 0 Å². The van der Waals surface area contributed by atoms with E-state index < -0.39 is 23.5 Å².